The number of anilines is 1. The van der Waals surface area contributed by atoms with Crippen LogP contribution in [0.15, 0.2) is 47.6 Å². The molecule has 1 heterocycles. The van der Waals surface area contributed by atoms with Gasteiger partial charge in [-0.25, -0.2) is 9.07 Å². The number of aryl methyl sites for hydroxylation is 2. The summed E-state index contributed by atoms with van der Waals surface area (Å²) < 4.78 is 14.7. The first-order chi connectivity index (χ1) is 12.8. The minimum atomic E-state index is -0.447. The lowest BCUT2D eigenvalue weighted by molar-refractivity contribution is -0.115. The maximum Gasteiger partial charge on any atom is 0.237 e. The lowest BCUT2D eigenvalue weighted by Crippen LogP contribution is -2.24. The third-order valence-corrected chi connectivity index (χ3v) is 5.10. The second kappa shape index (κ2) is 7.79. The van der Waals surface area contributed by atoms with Gasteiger partial charge in [-0.1, -0.05) is 41.6 Å². The van der Waals surface area contributed by atoms with Gasteiger partial charge in [-0.05, 0) is 44.5 Å². The number of nitrogens with one attached hydrogen (secondary N) is 1. The zero-order valence-electron chi connectivity index (χ0n) is 15.2. The predicted octanol–water partition coefficient (Wildman–Crippen LogP) is 3.53. The van der Waals surface area contributed by atoms with Crippen LogP contribution in [0.1, 0.15) is 18.1 Å². The number of thioether (sulfide) groups is 1. The molecule has 0 spiro atoms. The van der Waals surface area contributed by atoms with Gasteiger partial charge in [-0.2, -0.15) is 0 Å². The van der Waals surface area contributed by atoms with E-state index in [0.29, 0.717) is 16.5 Å². The van der Waals surface area contributed by atoms with Gasteiger partial charge in [0, 0.05) is 11.3 Å². The molecule has 0 radical (unpaired) electrons. The number of aromatic nitrogens is 3. The molecule has 0 unspecified atom stereocenters. The van der Waals surface area contributed by atoms with Crippen molar-refractivity contribution in [1.29, 1.82) is 0 Å². The average molecular weight is 385 g/mol. The highest BCUT2D eigenvalue weighted by Crippen LogP contribution is 2.26. The van der Waals surface area contributed by atoms with E-state index in [4.69, 9.17) is 5.84 Å². The largest absolute Gasteiger partial charge is 0.335 e. The smallest absolute Gasteiger partial charge is 0.237 e. The van der Waals surface area contributed by atoms with E-state index < -0.39 is 5.25 Å². The van der Waals surface area contributed by atoms with Crippen LogP contribution in [0.3, 0.4) is 0 Å². The standard InChI is InChI=1S/C19H20FN5OS/c1-11-7-8-16(12(2)9-11)22-18(26)13(3)27-19-24-23-17(25(19)21)14-5-4-6-15(20)10-14/h4-10,13H,21H2,1-3H3,(H,22,26)/t13-/m1/s1. The van der Waals surface area contributed by atoms with Gasteiger partial charge in [0.05, 0.1) is 5.25 Å². The molecule has 0 saturated heterocycles. The molecule has 8 heteroatoms. The van der Waals surface area contributed by atoms with Crippen molar-refractivity contribution in [3.8, 4) is 11.4 Å². The Morgan fingerprint density at radius 1 is 1.22 bits per heavy atom. The van der Waals surface area contributed by atoms with Crippen LogP contribution in [0.25, 0.3) is 11.4 Å². The Bertz CT molecular complexity index is 988. The van der Waals surface area contributed by atoms with Crippen LogP contribution < -0.4 is 11.2 Å². The van der Waals surface area contributed by atoms with Crippen LogP contribution in [-0.2, 0) is 4.79 Å². The quantitative estimate of drug-likeness (QED) is 0.518. The first-order valence-corrected chi connectivity index (χ1v) is 9.24. The number of nitrogens with two attached hydrogens (primary N) is 1. The molecular weight excluding hydrogens is 365 g/mol. The molecule has 1 atom stereocenters. The normalized spacial score (nSPS) is 12.0. The van der Waals surface area contributed by atoms with Crippen molar-refractivity contribution >= 4 is 23.4 Å². The predicted molar refractivity (Wildman–Crippen MR) is 105 cm³/mol. The summed E-state index contributed by atoms with van der Waals surface area (Å²) in [6, 6.07) is 11.8. The molecule has 3 rings (SSSR count). The van der Waals surface area contributed by atoms with Crippen LogP contribution in [0.5, 0.6) is 0 Å². The van der Waals surface area contributed by atoms with Crippen LogP contribution in [0, 0.1) is 19.7 Å². The third-order valence-electron chi connectivity index (χ3n) is 4.04. The van der Waals surface area contributed by atoms with E-state index in [2.05, 4.69) is 15.5 Å². The number of rotatable bonds is 5. The molecule has 2 aromatic carbocycles. The zero-order valence-corrected chi connectivity index (χ0v) is 16.0. The summed E-state index contributed by atoms with van der Waals surface area (Å²) in [4.78, 5) is 12.5. The Morgan fingerprint density at radius 2 is 2.00 bits per heavy atom. The van der Waals surface area contributed by atoms with Gasteiger partial charge in [0.15, 0.2) is 5.82 Å². The fourth-order valence-corrected chi connectivity index (χ4v) is 3.35. The molecule has 0 saturated carbocycles. The summed E-state index contributed by atoms with van der Waals surface area (Å²) in [5, 5.41) is 10.9. The zero-order chi connectivity index (χ0) is 19.6. The van der Waals surface area contributed by atoms with Gasteiger partial charge < -0.3 is 11.2 Å². The van der Waals surface area contributed by atoms with E-state index in [-0.39, 0.29) is 11.7 Å². The molecule has 0 aliphatic rings. The van der Waals surface area contributed by atoms with Crippen molar-refractivity contribution in [2.24, 2.45) is 0 Å². The number of hydrogen-bond donors (Lipinski definition) is 2. The molecule has 0 aliphatic heterocycles. The lowest BCUT2D eigenvalue weighted by atomic mass is 10.1. The van der Waals surface area contributed by atoms with Gasteiger partial charge in [0.2, 0.25) is 11.1 Å². The molecule has 3 aromatic rings. The highest BCUT2D eigenvalue weighted by Gasteiger charge is 2.20. The lowest BCUT2D eigenvalue weighted by Gasteiger charge is -2.13. The van der Waals surface area contributed by atoms with Crippen molar-refractivity contribution in [3.63, 3.8) is 0 Å². The number of nitrogens with zero attached hydrogens (tertiary/aromatic N) is 3. The number of nitrogen functional groups attached to an aromatic ring is 1. The maximum absolute atomic E-state index is 13.4. The molecule has 140 valence electrons. The molecule has 6 nitrogen and oxygen atoms in total. The van der Waals surface area contributed by atoms with Crippen LogP contribution in [0.4, 0.5) is 10.1 Å². The van der Waals surface area contributed by atoms with E-state index in [1.54, 1.807) is 19.1 Å². The first kappa shape index (κ1) is 18.9. The summed E-state index contributed by atoms with van der Waals surface area (Å²) in [5.74, 6) is 5.83. The van der Waals surface area contributed by atoms with E-state index in [1.165, 1.54) is 28.6 Å². The van der Waals surface area contributed by atoms with Gasteiger partial charge in [-0.3, -0.25) is 4.79 Å². The molecule has 3 N–H and O–H groups in total. The molecule has 0 aliphatic carbocycles. The van der Waals surface area contributed by atoms with Crippen molar-refractivity contribution in [2.45, 2.75) is 31.2 Å². The highest BCUT2D eigenvalue weighted by atomic mass is 32.2. The van der Waals surface area contributed by atoms with Crippen LogP contribution in [-0.4, -0.2) is 26.0 Å². The Balaban J connectivity index is 1.72. The van der Waals surface area contributed by atoms with Crippen molar-refractivity contribution in [2.75, 3.05) is 11.2 Å². The minimum Gasteiger partial charge on any atom is -0.335 e. The molecular formula is C19H20FN5OS. The third kappa shape index (κ3) is 4.28. The van der Waals surface area contributed by atoms with Crippen molar-refractivity contribution in [1.82, 2.24) is 14.9 Å². The van der Waals surface area contributed by atoms with E-state index in [9.17, 15) is 9.18 Å². The summed E-state index contributed by atoms with van der Waals surface area (Å²) in [7, 11) is 0. The molecule has 27 heavy (non-hydrogen) atoms. The number of benzene rings is 2. The Hall–Kier alpha value is -2.87. The number of carbonyl (C=O) groups excluding carboxylic acids is 1. The van der Waals surface area contributed by atoms with E-state index in [1.807, 2.05) is 32.0 Å². The molecule has 0 fully saturated rings. The second-order valence-electron chi connectivity index (χ2n) is 6.25. The van der Waals surface area contributed by atoms with E-state index in [0.717, 1.165) is 16.8 Å². The van der Waals surface area contributed by atoms with Gasteiger partial charge >= 0.3 is 0 Å². The number of carbonyl (C=O) groups is 1. The van der Waals surface area contributed by atoms with Gasteiger partial charge in [0.25, 0.3) is 0 Å². The summed E-state index contributed by atoms with van der Waals surface area (Å²) in [6.07, 6.45) is 0. The minimum absolute atomic E-state index is 0.165. The SMILES string of the molecule is Cc1ccc(NC(=O)[C@@H](C)Sc2nnc(-c3cccc(F)c3)n2N)c(C)c1. The Kier molecular flexibility index (Phi) is 5.46. The highest BCUT2D eigenvalue weighted by molar-refractivity contribution is 8.00. The van der Waals surface area contributed by atoms with Crippen LogP contribution >= 0.6 is 11.8 Å². The average Bonchev–Trinajstić information content (AvgIpc) is 2.98. The number of hydrogen-bond acceptors (Lipinski definition) is 5. The summed E-state index contributed by atoms with van der Waals surface area (Å²) >= 11 is 1.18. The summed E-state index contributed by atoms with van der Waals surface area (Å²) in [6.45, 7) is 5.71. The van der Waals surface area contributed by atoms with Crippen molar-refractivity contribution < 1.29 is 9.18 Å². The first-order valence-electron chi connectivity index (χ1n) is 8.36. The Morgan fingerprint density at radius 3 is 2.70 bits per heavy atom. The van der Waals surface area contributed by atoms with E-state index >= 15 is 0 Å². The fourth-order valence-electron chi connectivity index (χ4n) is 2.58. The number of amides is 1. The summed E-state index contributed by atoms with van der Waals surface area (Å²) in [5.41, 5.74) is 3.42. The molecule has 1 aromatic heterocycles. The topological polar surface area (TPSA) is 85.8 Å². The van der Waals surface area contributed by atoms with Gasteiger partial charge in [0.1, 0.15) is 5.82 Å². The monoisotopic (exact) mass is 385 g/mol. The second-order valence-corrected chi connectivity index (χ2v) is 7.56. The fraction of sp³-hybridized carbons (Fsp3) is 0.211. The molecule has 1 amide bonds. The van der Waals surface area contributed by atoms with Crippen LogP contribution in [0.2, 0.25) is 0 Å². The molecule has 0 bridgehead atoms. The number of halogens is 1. The van der Waals surface area contributed by atoms with Gasteiger partial charge in [-0.15, -0.1) is 10.2 Å². The van der Waals surface area contributed by atoms with Crippen molar-refractivity contribution in [3.05, 3.63) is 59.4 Å². The maximum atomic E-state index is 13.4. The Labute approximate surface area is 161 Å².